The monoisotopic (exact) mass is 367 g/mol. The minimum Gasteiger partial charge on any atom is -0.377 e. The zero-order chi connectivity index (χ0) is 18.8. The summed E-state index contributed by atoms with van der Waals surface area (Å²) >= 11 is 0. The molecule has 1 aliphatic heterocycles. The Morgan fingerprint density at radius 2 is 2.11 bits per heavy atom. The number of hydrogen-bond acceptors (Lipinski definition) is 7. The van der Waals surface area contributed by atoms with Crippen molar-refractivity contribution in [3.63, 3.8) is 0 Å². The Balaban J connectivity index is 1.52. The average Bonchev–Trinajstić information content (AvgIpc) is 3.34. The van der Waals surface area contributed by atoms with E-state index in [1.54, 1.807) is 37.1 Å². The minimum absolute atomic E-state index is 0.140. The maximum atomic E-state index is 12.8. The molecule has 2 N–H and O–H groups in total. The van der Waals surface area contributed by atoms with Crippen molar-refractivity contribution in [3.8, 4) is 0 Å². The molecule has 4 heterocycles. The first-order valence-electron chi connectivity index (χ1n) is 8.72. The summed E-state index contributed by atoms with van der Waals surface area (Å²) in [6, 6.07) is 9.06. The van der Waals surface area contributed by atoms with E-state index in [0.717, 1.165) is 11.3 Å². The standard InChI is InChI=1S/C18H21N7O2/c1-19-18-20-8-7-16(23-18)24-10-13(15(11-24)27-2)22-17(26)14-5-3-4-12-6-9-21-25(12)14/h3-9,13,15H,10-11H2,1-2H3,(H,22,26)(H,19,20,23)/t13-,15+/m1/s1. The van der Waals surface area contributed by atoms with Crippen molar-refractivity contribution in [2.75, 3.05) is 37.5 Å². The number of aromatic nitrogens is 4. The number of nitrogens with one attached hydrogen (secondary N) is 2. The molecule has 3 aromatic rings. The fraction of sp³-hybridized carbons (Fsp3) is 0.333. The number of hydrogen-bond donors (Lipinski definition) is 2. The highest BCUT2D eigenvalue weighted by Crippen LogP contribution is 2.21. The maximum absolute atomic E-state index is 12.8. The summed E-state index contributed by atoms with van der Waals surface area (Å²) in [7, 11) is 3.43. The topological polar surface area (TPSA) is 96.7 Å². The van der Waals surface area contributed by atoms with Crippen LogP contribution in [0.4, 0.5) is 11.8 Å². The number of ether oxygens (including phenoxy) is 1. The minimum atomic E-state index is -0.184. The van der Waals surface area contributed by atoms with Gasteiger partial charge in [-0.3, -0.25) is 4.79 Å². The molecule has 1 amide bonds. The lowest BCUT2D eigenvalue weighted by Crippen LogP contribution is -2.44. The molecule has 0 radical (unpaired) electrons. The Labute approximate surface area is 156 Å². The van der Waals surface area contributed by atoms with Gasteiger partial charge in [-0.05, 0) is 24.3 Å². The molecule has 1 aliphatic rings. The van der Waals surface area contributed by atoms with Gasteiger partial charge in [0.2, 0.25) is 5.95 Å². The first kappa shape index (κ1) is 17.2. The van der Waals surface area contributed by atoms with Crippen molar-refractivity contribution in [1.82, 2.24) is 24.9 Å². The molecule has 0 spiro atoms. The maximum Gasteiger partial charge on any atom is 0.270 e. The van der Waals surface area contributed by atoms with Crippen LogP contribution in [0.1, 0.15) is 10.5 Å². The van der Waals surface area contributed by atoms with Crippen LogP contribution in [0.2, 0.25) is 0 Å². The van der Waals surface area contributed by atoms with Crippen molar-refractivity contribution in [3.05, 3.63) is 48.4 Å². The SMILES string of the molecule is CNc1nccc(N2C[C@H](OC)[C@H](NC(=O)c3cccc4ccnn34)C2)n1. The molecule has 0 bridgehead atoms. The molecular weight excluding hydrogens is 346 g/mol. The van der Waals surface area contributed by atoms with E-state index >= 15 is 0 Å². The summed E-state index contributed by atoms with van der Waals surface area (Å²) in [6.07, 6.45) is 3.25. The van der Waals surface area contributed by atoms with Crippen molar-refractivity contribution in [2.24, 2.45) is 0 Å². The summed E-state index contributed by atoms with van der Waals surface area (Å²) in [4.78, 5) is 23.5. The molecular formula is C18H21N7O2. The van der Waals surface area contributed by atoms with Crippen LogP contribution < -0.4 is 15.5 Å². The van der Waals surface area contributed by atoms with Crippen LogP contribution in [0.25, 0.3) is 5.52 Å². The number of amides is 1. The zero-order valence-electron chi connectivity index (χ0n) is 15.2. The van der Waals surface area contributed by atoms with Crippen LogP contribution in [0.15, 0.2) is 42.7 Å². The number of carbonyl (C=O) groups is 1. The van der Waals surface area contributed by atoms with Crippen LogP contribution in [-0.2, 0) is 4.74 Å². The Morgan fingerprint density at radius 1 is 1.22 bits per heavy atom. The number of methoxy groups -OCH3 is 1. The van der Waals surface area contributed by atoms with Gasteiger partial charge in [-0.2, -0.15) is 10.1 Å². The van der Waals surface area contributed by atoms with Crippen LogP contribution in [0.3, 0.4) is 0 Å². The number of carbonyl (C=O) groups excluding carboxylic acids is 1. The molecule has 2 atom stereocenters. The van der Waals surface area contributed by atoms with Gasteiger partial charge in [0.25, 0.3) is 5.91 Å². The smallest absolute Gasteiger partial charge is 0.270 e. The highest BCUT2D eigenvalue weighted by atomic mass is 16.5. The van der Waals surface area contributed by atoms with E-state index in [2.05, 4.69) is 30.6 Å². The Kier molecular flexibility index (Phi) is 4.59. The van der Waals surface area contributed by atoms with Gasteiger partial charge in [0, 0.05) is 33.4 Å². The molecule has 9 nitrogen and oxygen atoms in total. The largest absolute Gasteiger partial charge is 0.377 e. The second-order valence-corrected chi connectivity index (χ2v) is 6.33. The van der Waals surface area contributed by atoms with Gasteiger partial charge in [-0.15, -0.1) is 0 Å². The summed E-state index contributed by atoms with van der Waals surface area (Å²) in [6.45, 7) is 1.23. The van der Waals surface area contributed by atoms with E-state index in [1.165, 1.54) is 0 Å². The van der Waals surface area contributed by atoms with E-state index in [-0.39, 0.29) is 18.1 Å². The Hall–Kier alpha value is -3.20. The fourth-order valence-corrected chi connectivity index (χ4v) is 3.35. The van der Waals surface area contributed by atoms with Crippen molar-refractivity contribution in [2.45, 2.75) is 12.1 Å². The second kappa shape index (κ2) is 7.20. The lowest BCUT2D eigenvalue weighted by Gasteiger charge is -2.18. The fourth-order valence-electron chi connectivity index (χ4n) is 3.35. The van der Waals surface area contributed by atoms with Gasteiger partial charge in [-0.25, -0.2) is 9.50 Å². The molecule has 1 fully saturated rings. The predicted molar refractivity (Wildman–Crippen MR) is 101 cm³/mol. The summed E-state index contributed by atoms with van der Waals surface area (Å²) in [5.41, 5.74) is 1.37. The quantitative estimate of drug-likeness (QED) is 0.688. The molecule has 1 saturated heterocycles. The van der Waals surface area contributed by atoms with Crippen molar-refractivity contribution >= 4 is 23.2 Å². The molecule has 0 unspecified atom stereocenters. The van der Waals surface area contributed by atoms with Crippen LogP contribution in [0.5, 0.6) is 0 Å². The average molecular weight is 367 g/mol. The number of pyridine rings is 1. The second-order valence-electron chi connectivity index (χ2n) is 6.33. The zero-order valence-corrected chi connectivity index (χ0v) is 15.2. The molecule has 0 saturated carbocycles. The van der Waals surface area contributed by atoms with Crippen molar-refractivity contribution < 1.29 is 9.53 Å². The molecule has 3 aromatic heterocycles. The number of rotatable bonds is 5. The van der Waals surface area contributed by atoms with Crippen LogP contribution >= 0.6 is 0 Å². The number of fused-ring (bicyclic) bond motifs is 1. The van der Waals surface area contributed by atoms with E-state index in [1.807, 2.05) is 24.3 Å². The molecule has 0 aromatic carbocycles. The van der Waals surface area contributed by atoms with Gasteiger partial charge >= 0.3 is 0 Å². The predicted octanol–water partition coefficient (Wildman–Crippen LogP) is 0.800. The number of nitrogens with zero attached hydrogens (tertiary/aromatic N) is 5. The third kappa shape index (κ3) is 3.28. The summed E-state index contributed by atoms with van der Waals surface area (Å²) in [5, 5.41) is 10.2. The normalized spacial score (nSPS) is 19.4. The molecule has 4 rings (SSSR count). The Bertz CT molecular complexity index is 958. The molecule has 0 aliphatic carbocycles. The van der Waals surface area contributed by atoms with E-state index in [4.69, 9.17) is 4.74 Å². The highest BCUT2D eigenvalue weighted by molar-refractivity contribution is 5.93. The third-order valence-corrected chi connectivity index (χ3v) is 4.73. The first-order chi connectivity index (χ1) is 13.2. The van der Waals surface area contributed by atoms with Crippen molar-refractivity contribution in [1.29, 1.82) is 0 Å². The van der Waals surface area contributed by atoms with Crippen LogP contribution in [-0.4, -0.2) is 64.9 Å². The third-order valence-electron chi connectivity index (χ3n) is 4.73. The molecule has 27 heavy (non-hydrogen) atoms. The van der Waals surface area contributed by atoms with E-state index in [0.29, 0.717) is 24.7 Å². The molecule has 140 valence electrons. The van der Waals surface area contributed by atoms with E-state index < -0.39 is 0 Å². The lowest BCUT2D eigenvalue weighted by atomic mass is 10.2. The Morgan fingerprint density at radius 3 is 2.93 bits per heavy atom. The van der Waals surface area contributed by atoms with Crippen LogP contribution in [0, 0.1) is 0 Å². The molecule has 9 heteroatoms. The van der Waals surface area contributed by atoms with Gasteiger partial charge in [0.1, 0.15) is 11.5 Å². The lowest BCUT2D eigenvalue weighted by molar-refractivity contribution is 0.0776. The van der Waals surface area contributed by atoms with Gasteiger partial charge < -0.3 is 20.3 Å². The highest BCUT2D eigenvalue weighted by Gasteiger charge is 2.35. The first-order valence-corrected chi connectivity index (χ1v) is 8.72. The van der Waals surface area contributed by atoms with Gasteiger partial charge in [0.15, 0.2) is 0 Å². The van der Waals surface area contributed by atoms with Gasteiger partial charge in [0.05, 0.1) is 23.9 Å². The summed E-state index contributed by atoms with van der Waals surface area (Å²) in [5.74, 6) is 1.17. The summed E-state index contributed by atoms with van der Waals surface area (Å²) < 4.78 is 7.24. The van der Waals surface area contributed by atoms with E-state index in [9.17, 15) is 4.79 Å². The number of anilines is 2. The van der Waals surface area contributed by atoms with Gasteiger partial charge in [-0.1, -0.05) is 6.07 Å².